The zero-order valence-electron chi connectivity index (χ0n) is 16.7. The number of fused-ring (bicyclic) bond motifs is 3. The second kappa shape index (κ2) is 8.16. The molecule has 158 valence electrons. The number of ether oxygens (including phenoxy) is 1. The van der Waals surface area contributed by atoms with Crippen LogP contribution in [0.3, 0.4) is 0 Å². The van der Waals surface area contributed by atoms with E-state index in [1.807, 2.05) is 48.5 Å². The Morgan fingerprint density at radius 2 is 1.65 bits per heavy atom. The first-order valence-electron chi connectivity index (χ1n) is 9.85. The number of carbonyl (C=O) groups is 2. The molecule has 2 aromatic carbocycles. The van der Waals surface area contributed by atoms with Crippen molar-refractivity contribution in [2.45, 2.75) is 24.3 Å². The van der Waals surface area contributed by atoms with Crippen molar-refractivity contribution in [3.63, 3.8) is 0 Å². The number of carboxylic acid groups (broad SMARTS) is 1. The Morgan fingerprint density at radius 1 is 1.03 bits per heavy atom. The summed E-state index contributed by atoms with van der Waals surface area (Å²) in [5.74, 6) is -2.55. The third-order valence-corrected chi connectivity index (χ3v) is 5.60. The highest BCUT2D eigenvalue weighted by atomic mass is 16.5. The predicted molar refractivity (Wildman–Crippen MR) is 114 cm³/mol. The van der Waals surface area contributed by atoms with Gasteiger partial charge in [-0.3, -0.25) is 0 Å². The van der Waals surface area contributed by atoms with E-state index in [1.54, 1.807) is 6.07 Å². The van der Waals surface area contributed by atoms with Gasteiger partial charge < -0.3 is 21.3 Å². The number of aromatic nitrogens is 2. The Balaban J connectivity index is 1.50. The van der Waals surface area contributed by atoms with Crippen LogP contribution in [0.2, 0.25) is 0 Å². The quantitative estimate of drug-likeness (QED) is 0.391. The molecule has 0 aliphatic heterocycles. The van der Waals surface area contributed by atoms with Gasteiger partial charge in [0.05, 0.1) is 0 Å². The minimum Gasteiger partial charge on any atom is -0.479 e. The molecule has 0 spiro atoms. The Bertz CT molecular complexity index is 1100. The van der Waals surface area contributed by atoms with E-state index in [-0.39, 0.29) is 31.3 Å². The summed E-state index contributed by atoms with van der Waals surface area (Å²) in [4.78, 5) is 32.5. The van der Waals surface area contributed by atoms with Gasteiger partial charge in [0.25, 0.3) is 0 Å². The lowest BCUT2D eigenvalue weighted by molar-refractivity contribution is -0.161. The van der Waals surface area contributed by atoms with Crippen LogP contribution in [0.5, 0.6) is 0 Å². The van der Waals surface area contributed by atoms with Crippen molar-refractivity contribution in [3.8, 4) is 11.1 Å². The van der Waals surface area contributed by atoms with Crippen molar-refractivity contribution in [1.82, 2.24) is 9.97 Å². The topological polar surface area (TPSA) is 141 Å². The molecule has 3 aromatic rings. The average molecular weight is 418 g/mol. The van der Waals surface area contributed by atoms with Crippen LogP contribution in [0.15, 0.2) is 60.8 Å². The van der Waals surface area contributed by atoms with E-state index >= 15 is 0 Å². The van der Waals surface area contributed by atoms with Crippen molar-refractivity contribution in [2.24, 2.45) is 5.73 Å². The molecule has 4 rings (SSSR count). The van der Waals surface area contributed by atoms with Gasteiger partial charge in [-0.2, -0.15) is 0 Å². The third kappa shape index (κ3) is 3.85. The molecule has 1 aliphatic carbocycles. The minimum absolute atomic E-state index is 0.000451. The molecule has 1 unspecified atom stereocenters. The molecule has 0 saturated carbocycles. The Morgan fingerprint density at radius 3 is 2.23 bits per heavy atom. The normalized spacial score (nSPS) is 14.4. The van der Waals surface area contributed by atoms with Crippen LogP contribution in [0, 0.1) is 0 Å². The van der Waals surface area contributed by atoms with Gasteiger partial charge in [-0.05, 0) is 41.2 Å². The molecule has 0 saturated heterocycles. The number of aliphatic carboxylic acids is 1. The van der Waals surface area contributed by atoms with Crippen LogP contribution in [0.4, 0.5) is 5.95 Å². The number of carbonyl (C=O) groups excluding carboxylic acids is 1. The molecule has 8 nitrogen and oxygen atoms in total. The molecule has 5 N–H and O–H groups in total. The highest BCUT2D eigenvalue weighted by Crippen LogP contribution is 2.44. The summed E-state index contributed by atoms with van der Waals surface area (Å²) in [6.07, 6.45) is 1.42. The first-order chi connectivity index (χ1) is 14.9. The Hall–Kier alpha value is -3.78. The van der Waals surface area contributed by atoms with Gasteiger partial charge in [0.15, 0.2) is 0 Å². The van der Waals surface area contributed by atoms with Gasteiger partial charge in [-0.1, -0.05) is 48.5 Å². The standard InChI is InChI=1S/C23H22N4O4/c24-22-26-12-10-14(27-22)9-11-23(25,20(28)29)21(30)31-13-19-17-7-3-1-5-15(17)16-6-2-4-8-18(16)19/h1-8,10,12,19H,9,11,13,25H2,(H,28,29)(H2,24,26,27). The van der Waals surface area contributed by atoms with Crippen molar-refractivity contribution >= 4 is 17.9 Å². The maximum atomic E-state index is 12.8. The fourth-order valence-corrected chi connectivity index (χ4v) is 3.90. The summed E-state index contributed by atoms with van der Waals surface area (Å²) >= 11 is 0. The maximum Gasteiger partial charge on any atom is 0.337 e. The van der Waals surface area contributed by atoms with Gasteiger partial charge >= 0.3 is 11.9 Å². The number of carboxylic acids is 1. The number of hydrogen-bond donors (Lipinski definition) is 3. The summed E-state index contributed by atoms with van der Waals surface area (Å²) < 4.78 is 5.48. The summed E-state index contributed by atoms with van der Waals surface area (Å²) in [5.41, 5.74) is 14.1. The lowest BCUT2D eigenvalue weighted by atomic mass is 9.93. The molecule has 0 bridgehead atoms. The highest BCUT2D eigenvalue weighted by molar-refractivity contribution is 6.03. The van der Waals surface area contributed by atoms with Crippen LogP contribution in [-0.4, -0.2) is 39.2 Å². The van der Waals surface area contributed by atoms with E-state index in [9.17, 15) is 14.7 Å². The number of anilines is 1. The summed E-state index contributed by atoms with van der Waals surface area (Å²) in [6.45, 7) is -0.000451. The molecule has 8 heteroatoms. The molecule has 1 heterocycles. The second-order valence-corrected chi connectivity index (χ2v) is 7.51. The number of nitrogens with two attached hydrogens (primary N) is 2. The number of aryl methyl sites for hydroxylation is 1. The zero-order valence-corrected chi connectivity index (χ0v) is 16.7. The maximum absolute atomic E-state index is 12.8. The van der Waals surface area contributed by atoms with E-state index < -0.39 is 17.5 Å². The Labute approximate surface area is 178 Å². The largest absolute Gasteiger partial charge is 0.479 e. The van der Waals surface area contributed by atoms with Gasteiger partial charge in [0, 0.05) is 17.8 Å². The summed E-state index contributed by atoms with van der Waals surface area (Å²) in [6, 6.07) is 17.4. The first-order valence-corrected chi connectivity index (χ1v) is 9.85. The minimum atomic E-state index is -2.20. The first kappa shape index (κ1) is 20.5. The number of rotatable bonds is 7. The molecule has 0 amide bonds. The van der Waals surface area contributed by atoms with Crippen molar-refractivity contribution in [2.75, 3.05) is 12.3 Å². The summed E-state index contributed by atoms with van der Waals surface area (Å²) in [7, 11) is 0. The third-order valence-electron chi connectivity index (χ3n) is 5.60. The molecule has 1 atom stereocenters. The highest BCUT2D eigenvalue weighted by Gasteiger charge is 2.44. The Kier molecular flexibility index (Phi) is 5.39. The molecule has 0 fully saturated rings. The molecule has 0 radical (unpaired) electrons. The number of esters is 1. The van der Waals surface area contributed by atoms with Crippen molar-refractivity contribution in [3.05, 3.63) is 77.6 Å². The van der Waals surface area contributed by atoms with E-state index in [4.69, 9.17) is 16.2 Å². The van der Waals surface area contributed by atoms with Crippen LogP contribution < -0.4 is 11.5 Å². The smallest absolute Gasteiger partial charge is 0.337 e. The van der Waals surface area contributed by atoms with Crippen LogP contribution in [-0.2, 0) is 20.7 Å². The lowest BCUT2D eigenvalue weighted by Gasteiger charge is -2.24. The predicted octanol–water partition coefficient (Wildman–Crippen LogP) is 2.13. The zero-order chi connectivity index (χ0) is 22.0. The van der Waals surface area contributed by atoms with E-state index in [1.165, 1.54) is 6.20 Å². The van der Waals surface area contributed by atoms with Gasteiger partial charge in [0.1, 0.15) is 6.61 Å². The average Bonchev–Trinajstić information content (AvgIpc) is 3.09. The van der Waals surface area contributed by atoms with E-state index in [0.717, 1.165) is 22.3 Å². The number of hydrogen-bond acceptors (Lipinski definition) is 7. The summed E-state index contributed by atoms with van der Waals surface area (Å²) in [5, 5.41) is 9.66. The fourth-order valence-electron chi connectivity index (χ4n) is 3.90. The molecule has 1 aliphatic rings. The van der Waals surface area contributed by atoms with Gasteiger partial charge in [-0.15, -0.1) is 0 Å². The van der Waals surface area contributed by atoms with Crippen LogP contribution >= 0.6 is 0 Å². The second-order valence-electron chi connectivity index (χ2n) is 7.51. The van der Waals surface area contributed by atoms with Crippen LogP contribution in [0.1, 0.15) is 29.2 Å². The molecular weight excluding hydrogens is 396 g/mol. The van der Waals surface area contributed by atoms with E-state index in [2.05, 4.69) is 9.97 Å². The lowest BCUT2D eigenvalue weighted by Crippen LogP contribution is -2.56. The van der Waals surface area contributed by atoms with E-state index in [0.29, 0.717) is 5.69 Å². The monoisotopic (exact) mass is 418 g/mol. The number of benzene rings is 2. The number of nitrogens with zero attached hydrogens (tertiary/aromatic N) is 2. The van der Waals surface area contributed by atoms with Crippen molar-refractivity contribution < 1.29 is 19.4 Å². The number of nitrogen functional groups attached to an aromatic ring is 1. The van der Waals surface area contributed by atoms with Crippen molar-refractivity contribution in [1.29, 1.82) is 0 Å². The molecule has 1 aromatic heterocycles. The SMILES string of the molecule is Nc1nccc(CCC(N)(C(=O)O)C(=O)OCC2c3ccccc3-c3ccccc32)n1. The molecular formula is C23H22N4O4. The van der Waals surface area contributed by atoms with Gasteiger partial charge in [0.2, 0.25) is 11.5 Å². The van der Waals surface area contributed by atoms with Crippen LogP contribution in [0.25, 0.3) is 11.1 Å². The molecule has 31 heavy (non-hydrogen) atoms. The van der Waals surface area contributed by atoms with Gasteiger partial charge in [-0.25, -0.2) is 19.6 Å². The fraction of sp³-hybridized carbons (Fsp3) is 0.217.